The van der Waals surface area contributed by atoms with E-state index in [-0.39, 0.29) is 11.8 Å². The second kappa shape index (κ2) is 7.15. The molecule has 0 fully saturated rings. The first kappa shape index (κ1) is 16.6. The van der Waals surface area contributed by atoms with Crippen LogP contribution in [-0.2, 0) is 30.8 Å². The number of imidazole rings is 1. The van der Waals surface area contributed by atoms with Gasteiger partial charge in [0.15, 0.2) is 0 Å². The lowest BCUT2D eigenvalue weighted by molar-refractivity contribution is -0.135. The van der Waals surface area contributed by atoms with Gasteiger partial charge in [-0.1, -0.05) is 30.3 Å². The highest BCUT2D eigenvalue weighted by molar-refractivity contribution is 5.78. The summed E-state index contributed by atoms with van der Waals surface area (Å²) in [5.41, 5.74) is 2.37. The van der Waals surface area contributed by atoms with Gasteiger partial charge in [-0.05, 0) is 18.1 Å². The van der Waals surface area contributed by atoms with E-state index in [1.807, 2.05) is 48.4 Å². The van der Waals surface area contributed by atoms with Crippen molar-refractivity contribution < 1.29 is 4.79 Å². The first-order chi connectivity index (χ1) is 12.7. The van der Waals surface area contributed by atoms with Crippen LogP contribution in [0.2, 0.25) is 0 Å². The normalized spacial score (nSPS) is 16.3. The summed E-state index contributed by atoms with van der Waals surface area (Å²) < 4.78 is 4.10. The van der Waals surface area contributed by atoms with Gasteiger partial charge in [-0.25, -0.2) is 4.98 Å². The molecule has 2 aromatic heterocycles. The monoisotopic (exact) mass is 349 g/mol. The number of hydrogen-bond donors (Lipinski definition) is 0. The minimum absolute atomic E-state index is 0.0294. The maximum atomic E-state index is 12.9. The molecule has 0 N–H and O–H groups in total. The van der Waals surface area contributed by atoms with Gasteiger partial charge in [0.2, 0.25) is 5.91 Å². The van der Waals surface area contributed by atoms with Gasteiger partial charge in [0.1, 0.15) is 5.82 Å². The molecule has 0 bridgehead atoms. The molecule has 0 spiro atoms. The largest absolute Gasteiger partial charge is 0.338 e. The van der Waals surface area contributed by atoms with Crippen molar-refractivity contribution in [3.63, 3.8) is 0 Å². The van der Waals surface area contributed by atoms with E-state index in [1.54, 1.807) is 11.1 Å². The molecule has 134 valence electrons. The van der Waals surface area contributed by atoms with Crippen LogP contribution in [-0.4, -0.2) is 37.2 Å². The van der Waals surface area contributed by atoms with Gasteiger partial charge in [-0.2, -0.15) is 5.10 Å². The number of fused-ring (bicyclic) bond motifs is 1. The summed E-state index contributed by atoms with van der Waals surface area (Å²) in [6.45, 7) is 2.10. The highest BCUT2D eigenvalue weighted by atomic mass is 16.2. The lowest BCUT2D eigenvalue weighted by atomic mass is 9.95. The van der Waals surface area contributed by atoms with Crippen molar-refractivity contribution in [2.45, 2.75) is 32.5 Å². The van der Waals surface area contributed by atoms with Gasteiger partial charge in [-0.15, -0.1) is 0 Å². The van der Waals surface area contributed by atoms with Crippen LogP contribution in [0.4, 0.5) is 0 Å². The number of amides is 1. The van der Waals surface area contributed by atoms with E-state index in [9.17, 15) is 4.79 Å². The Kier molecular flexibility index (Phi) is 4.56. The van der Waals surface area contributed by atoms with Crippen LogP contribution in [0.25, 0.3) is 0 Å². The van der Waals surface area contributed by atoms with Gasteiger partial charge in [0.25, 0.3) is 0 Å². The first-order valence-electron chi connectivity index (χ1n) is 9.00. The van der Waals surface area contributed by atoms with E-state index in [2.05, 4.69) is 26.8 Å². The number of carbonyl (C=O) groups excluding carboxylic acids is 1. The lowest BCUT2D eigenvalue weighted by Crippen LogP contribution is -2.37. The van der Waals surface area contributed by atoms with E-state index in [1.165, 1.54) is 5.56 Å². The third-order valence-electron chi connectivity index (χ3n) is 5.05. The van der Waals surface area contributed by atoms with Gasteiger partial charge in [0.05, 0.1) is 6.54 Å². The van der Waals surface area contributed by atoms with Crippen molar-refractivity contribution in [1.82, 2.24) is 24.2 Å². The lowest BCUT2D eigenvalue weighted by Gasteiger charge is -2.27. The van der Waals surface area contributed by atoms with Crippen LogP contribution in [0.3, 0.4) is 0 Å². The summed E-state index contributed by atoms with van der Waals surface area (Å²) in [6, 6.07) is 12.3. The number of rotatable bonds is 5. The molecule has 4 rings (SSSR count). The molecule has 6 nitrogen and oxygen atoms in total. The number of nitrogens with zero attached hydrogens (tertiary/aromatic N) is 5. The van der Waals surface area contributed by atoms with Gasteiger partial charge in [-0.3, -0.25) is 9.48 Å². The van der Waals surface area contributed by atoms with Crippen LogP contribution in [0.1, 0.15) is 23.5 Å². The standard InChI is InChI=1S/C20H23N5O/c1-23(20(26)17-8-11-25-18(13-17)7-9-22-25)15-19-21-10-12-24(19)14-16-5-3-2-4-6-16/h2-7,9-10,12,17H,8,11,13-15H2,1H3. The Labute approximate surface area is 153 Å². The Hall–Kier alpha value is -2.89. The molecule has 0 saturated heterocycles. The van der Waals surface area contributed by atoms with Crippen molar-refractivity contribution in [1.29, 1.82) is 0 Å². The topological polar surface area (TPSA) is 56.0 Å². The molecule has 1 atom stereocenters. The molecule has 1 aromatic carbocycles. The zero-order valence-corrected chi connectivity index (χ0v) is 15.0. The van der Waals surface area contributed by atoms with Crippen LogP contribution in [0, 0.1) is 5.92 Å². The first-order valence-corrected chi connectivity index (χ1v) is 9.00. The number of hydrogen-bond acceptors (Lipinski definition) is 3. The smallest absolute Gasteiger partial charge is 0.226 e. The Morgan fingerprint density at radius 1 is 1.23 bits per heavy atom. The minimum Gasteiger partial charge on any atom is -0.338 e. The number of aryl methyl sites for hydroxylation is 1. The molecule has 26 heavy (non-hydrogen) atoms. The van der Waals surface area contributed by atoms with Crippen molar-refractivity contribution in [2.24, 2.45) is 5.92 Å². The predicted octanol–water partition coefficient (Wildman–Crippen LogP) is 2.35. The van der Waals surface area contributed by atoms with E-state index in [0.717, 1.165) is 37.4 Å². The van der Waals surface area contributed by atoms with E-state index < -0.39 is 0 Å². The fourth-order valence-electron chi connectivity index (χ4n) is 3.60. The summed E-state index contributed by atoms with van der Waals surface area (Å²) >= 11 is 0. The van der Waals surface area contributed by atoms with Gasteiger partial charge < -0.3 is 9.47 Å². The van der Waals surface area contributed by atoms with Crippen LogP contribution in [0.5, 0.6) is 0 Å². The molecule has 1 aliphatic heterocycles. The van der Waals surface area contributed by atoms with Crippen molar-refractivity contribution in [3.8, 4) is 0 Å². The van der Waals surface area contributed by atoms with Crippen LogP contribution >= 0.6 is 0 Å². The zero-order chi connectivity index (χ0) is 17.9. The zero-order valence-electron chi connectivity index (χ0n) is 15.0. The van der Waals surface area contributed by atoms with Crippen LogP contribution < -0.4 is 0 Å². The second-order valence-corrected chi connectivity index (χ2v) is 6.89. The van der Waals surface area contributed by atoms with Gasteiger partial charge >= 0.3 is 0 Å². The summed E-state index contributed by atoms with van der Waals surface area (Å²) in [7, 11) is 1.87. The average Bonchev–Trinajstić information content (AvgIpc) is 3.30. The minimum atomic E-state index is 0.0294. The fourth-order valence-corrected chi connectivity index (χ4v) is 3.60. The van der Waals surface area contributed by atoms with Crippen molar-refractivity contribution in [3.05, 3.63) is 72.1 Å². The highest BCUT2D eigenvalue weighted by Gasteiger charge is 2.27. The summed E-state index contributed by atoms with van der Waals surface area (Å²) in [5, 5.41) is 4.29. The molecule has 1 aliphatic rings. The summed E-state index contributed by atoms with van der Waals surface area (Å²) in [6.07, 6.45) is 7.19. The van der Waals surface area contributed by atoms with E-state index in [4.69, 9.17) is 0 Å². The third-order valence-corrected chi connectivity index (χ3v) is 5.05. The molecule has 3 aromatic rings. The Balaban J connectivity index is 1.41. The molecule has 3 heterocycles. The number of carbonyl (C=O) groups is 1. The molecule has 6 heteroatoms. The quantitative estimate of drug-likeness (QED) is 0.710. The summed E-state index contributed by atoms with van der Waals surface area (Å²) in [5.74, 6) is 1.12. The second-order valence-electron chi connectivity index (χ2n) is 6.89. The van der Waals surface area contributed by atoms with Gasteiger partial charge in [0, 0.05) is 56.8 Å². The average molecular weight is 349 g/mol. The van der Waals surface area contributed by atoms with E-state index in [0.29, 0.717) is 6.54 Å². The molecular weight excluding hydrogens is 326 g/mol. The maximum Gasteiger partial charge on any atom is 0.226 e. The fraction of sp³-hybridized carbons (Fsp3) is 0.350. The molecule has 0 saturated carbocycles. The summed E-state index contributed by atoms with van der Waals surface area (Å²) in [4.78, 5) is 19.2. The number of benzene rings is 1. The maximum absolute atomic E-state index is 12.9. The Morgan fingerprint density at radius 3 is 2.92 bits per heavy atom. The molecule has 0 aliphatic carbocycles. The van der Waals surface area contributed by atoms with E-state index >= 15 is 0 Å². The molecule has 0 radical (unpaired) electrons. The van der Waals surface area contributed by atoms with Crippen molar-refractivity contribution >= 4 is 5.91 Å². The molecule has 1 amide bonds. The third kappa shape index (κ3) is 3.40. The molecule has 1 unspecified atom stereocenters. The molecular formula is C20H23N5O. The Morgan fingerprint density at radius 2 is 2.08 bits per heavy atom. The number of aromatic nitrogens is 4. The highest BCUT2D eigenvalue weighted by Crippen LogP contribution is 2.22. The van der Waals surface area contributed by atoms with Crippen molar-refractivity contribution in [2.75, 3.05) is 7.05 Å². The SMILES string of the molecule is CN(Cc1nccn1Cc1ccccc1)C(=O)C1CCn2nccc2C1. The van der Waals surface area contributed by atoms with Crippen LogP contribution in [0.15, 0.2) is 55.0 Å². The predicted molar refractivity (Wildman–Crippen MR) is 98.3 cm³/mol. The Bertz CT molecular complexity index is 883.